The molecule has 8 nitrogen and oxygen atoms in total. The Bertz CT molecular complexity index is 1150. The van der Waals surface area contributed by atoms with Gasteiger partial charge in [0.15, 0.2) is 0 Å². The molecule has 2 N–H and O–H groups in total. The predicted molar refractivity (Wildman–Crippen MR) is 110 cm³/mol. The number of hydrogen-bond donors (Lipinski definition) is 2. The van der Waals surface area contributed by atoms with Crippen LogP contribution in [-0.2, 0) is 22.6 Å². The molecule has 3 aromatic rings. The van der Waals surface area contributed by atoms with Gasteiger partial charge in [-0.25, -0.2) is 13.9 Å². The largest absolute Gasteiger partial charge is 0.497 e. The molecule has 1 aromatic heterocycles. The van der Waals surface area contributed by atoms with Crippen molar-refractivity contribution in [2.45, 2.75) is 19.0 Å². The van der Waals surface area contributed by atoms with Crippen LogP contribution in [0.15, 0.2) is 65.5 Å². The molecule has 1 heterocycles. The molecule has 1 amide bonds. The van der Waals surface area contributed by atoms with E-state index in [1.54, 1.807) is 36.4 Å². The molecule has 0 aliphatic carbocycles. The Morgan fingerprint density at radius 3 is 2.55 bits per heavy atom. The average molecular weight is 425 g/mol. The van der Waals surface area contributed by atoms with Crippen LogP contribution in [0.2, 0.25) is 0 Å². The van der Waals surface area contributed by atoms with Gasteiger partial charge in [0.2, 0.25) is 5.91 Å². The van der Waals surface area contributed by atoms with Gasteiger partial charge in [-0.3, -0.25) is 9.59 Å². The first kappa shape index (κ1) is 21.7. The number of ether oxygens (including phenoxy) is 1. The standard InChI is InChI=1S/C22H20FN3O5/c1-31-15-7-8-16(17(23)12-15)18-9-10-21(28)26(25-18)13-20(27)24-19(22(29)30)11-14-5-3-2-4-6-14/h2-10,12,19H,11,13H2,1H3,(H,24,27)(H,29,30)/t19-/m0/s1. The molecule has 31 heavy (non-hydrogen) atoms. The lowest BCUT2D eigenvalue weighted by Gasteiger charge is -2.15. The fourth-order valence-electron chi connectivity index (χ4n) is 2.96. The van der Waals surface area contributed by atoms with Crippen LogP contribution in [0.5, 0.6) is 5.75 Å². The first-order valence-electron chi connectivity index (χ1n) is 9.35. The number of carbonyl (C=O) groups excluding carboxylic acids is 1. The first-order chi connectivity index (χ1) is 14.9. The number of hydrogen-bond acceptors (Lipinski definition) is 5. The van der Waals surface area contributed by atoms with Crippen LogP contribution in [0.1, 0.15) is 5.56 Å². The lowest BCUT2D eigenvalue weighted by atomic mass is 10.1. The van der Waals surface area contributed by atoms with E-state index in [1.165, 1.54) is 25.3 Å². The summed E-state index contributed by atoms with van der Waals surface area (Å²) in [7, 11) is 1.41. The fourth-order valence-corrected chi connectivity index (χ4v) is 2.96. The summed E-state index contributed by atoms with van der Waals surface area (Å²) in [4.78, 5) is 36.1. The van der Waals surface area contributed by atoms with Gasteiger partial charge in [-0.2, -0.15) is 5.10 Å². The zero-order valence-corrected chi connectivity index (χ0v) is 16.6. The Morgan fingerprint density at radius 1 is 1.16 bits per heavy atom. The monoisotopic (exact) mass is 425 g/mol. The quantitative estimate of drug-likeness (QED) is 0.570. The summed E-state index contributed by atoms with van der Waals surface area (Å²) in [6.45, 7) is -0.511. The number of aliphatic carboxylic acids is 1. The summed E-state index contributed by atoms with van der Waals surface area (Å²) >= 11 is 0. The molecule has 160 valence electrons. The van der Waals surface area contributed by atoms with Crippen LogP contribution in [0.3, 0.4) is 0 Å². The number of amides is 1. The van der Waals surface area contributed by atoms with Crippen molar-refractivity contribution in [2.24, 2.45) is 0 Å². The highest BCUT2D eigenvalue weighted by molar-refractivity contribution is 5.83. The van der Waals surface area contributed by atoms with E-state index in [9.17, 15) is 23.9 Å². The van der Waals surface area contributed by atoms with Gasteiger partial charge in [0.25, 0.3) is 5.56 Å². The molecule has 3 rings (SSSR count). The number of nitrogens with one attached hydrogen (secondary N) is 1. The Kier molecular flexibility index (Phi) is 6.76. The van der Waals surface area contributed by atoms with Crippen molar-refractivity contribution in [1.29, 1.82) is 0 Å². The Hall–Kier alpha value is -4.01. The SMILES string of the molecule is COc1ccc(-c2ccc(=O)n(CC(=O)N[C@@H](Cc3ccccc3)C(=O)O)n2)c(F)c1. The molecule has 0 aliphatic heterocycles. The van der Waals surface area contributed by atoms with E-state index in [1.807, 2.05) is 0 Å². The lowest BCUT2D eigenvalue weighted by Crippen LogP contribution is -2.44. The van der Waals surface area contributed by atoms with Gasteiger partial charge >= 0.3 is 5.97 Å². The van der Waals surface area contributed by atoms with Gasteiger partial charge in [-0.1, -0.05) is 30.3 Å². The second kappa shape index (κ2) is 9.66. The predicted octanol–water partition coefficient (Wildman–Crippen LogP) is 1.87. The lowest BCUT2D eigenvalue weighted by molar-refractivity contribution is -0.141. The number of halogens is 1. The molecule has 0 radical (unpaired) electrons. The van der Waals surface area contributed by atoms with E-state index >= 15 is 0 Å². The van der Waals surface area contributed by atoms with E-state index in [0.717, 1.165) is 16.3 Å². The highest BCUT2D eigenvalue weighted by Gasteiger charge is 2.21. The minimum absolute atomic E-state index is 0.0847. The molecule has 0 fully saturated rings. The molecular formula is C22H20FN3O5. The molecule has 2 aromatic carbocycles. The third-order valence-electron chi connectivity index (χ3n) is 4.53. The van der Waals surface area contributed by atoms with Crippen molar-refractivity contribution in [2.75, 3.05) is 7.11 Å². The summed E-state index contributed by atoms with van der Waals surface area (Å²) in [6.07, 6.45) is 0.0847. The molecule has 0 saturated heterocycles. The van der Waals surface area contributed by atoms with E-state index in [2.05, 4.69) is 10.4 Å². The van der Waals surface area contributed by atoms with Crippen LogP contribution in [0, 0.1) is 5.82 Å². The Morgan fingerprint density at radius 2 is 1.90 bits per heavy atom. The van der Waals surface area contributed by atoms with Gasteiger partial charge in [0.1, 0.15) is 24.2 Å². The fraction of sp³-hybridized carbons (Fsp3) is 0.182. The van der Waals surface area contributed by atoms with Crippen molar-refractivity contribution in [3.8, 4) is 17.0 Å². The summed E-state index contributed by atoms with van der Waals surface area (Å²) in [6, 6.07) is 14.3. The Balaban J connectivity index is 1.77. The molecule has 0 aliphatic rings. The summed E-state index contributed by atoms with van der Waals surface area (Å²) in [5.74, 6) is -2.18. The van der Waals surface area contributed by atoms with Crippen molar-refractivity contribution in [3.05, 3.63) is 82.4 Å². The van der Waals surface area contributed by atoms with Crippen molar-refractivity contribution in [3.63, 3.8) is 0 Å². The molecule has 9 heteroatoms. The second-order valence-electron chi connectivity index (χ2n) is 6.71. The summed E-state index contributed by atoms with van der Waals surface area (Å²) in [5, 5.41) is 15.9. The van der Waals surface area contributed by atoms with E-state index < -0.39 is 35.8 Å². The minimum Gasteiger partial charge on any atom is -0.497 e. The van der Waals surface area contributed by atoms with E-state index in [0.29, 0.717) is 5.75 Å². The normalized spacial score (nSPS) is 11.5. The number of carboxylic acid groups (broad SMARTS) is 1. The van der Waals surface area contributed by atoms with Crippen molar-refractivity contribution in [1.82, 2.24) is 15.1 Å². The molecule has 1 atom stereocenters. The minimum atomic E-state index is -1.20. The first-order valence-corrected chi connectivity index (χ1v) is 9.35. The smallest absolute Gasteiger partial charge is 0.326 e. The summed E-state index contributed by atoms with van der Waals surface area (Å²) < 4.78 is 20.2. The van der Waals surface area contributed by atoms with E-state index in [4.69, 9.17) is 4.74 Å². The van der Waals surface area contributed by atoms with Gasteiger partial charge in [-0.05, 0) is 23.8 Å². The van der Waals surface area contributed by atoms with Gasteiger partial charge in [0, 0.05) is 24.1 Å². The van der Waals surface area contributed by atoms with Crippen LogP contribution in [0.25, 0.3) is 11.3 Å². The molecule has 0 spiro atoms. The second-order valence-corrected chi connectivity index (χ2v) is 6.71. The van der Waals surface area contributed by atoms with Crippen molar-refractivity contribution < 1.29 is 23.8 Å². The number of aromatic nitrogens is 2. The zero-order valence-electron chi connectivity index (χ0n) is 16.6. The number of carbonyl (C=O) groups is 2. The number of benzene rings is 2. The highest BCUT2D eigenvalue weighted by Crippen LogP contribution is 2.23. The molecule has 0 bridgehead atoms. The third kappa shape index (κ3) is 5.53. The van der Waals surface area contributed by atoms with Crippen LogP contribution < -0.4 is 15.6 Å². The molecule has 0 saturated carbocycles. The number of rotatable bonds is 8. The van der Waals surface area contributed by atoms with Crippen LogP contribution in [0.4, 0.5) is 4.39 Å². The maximum Gasteiger partial charge on any atom is 0.326 e. The van der Waals surface area contributed by atoms with Gasteiger partial charge < -0.3 is 15.2 Å². The third-order valence-corrected chi connectivity index (χ3v) is 4.53. The average Bonchev–Trinajstić information content (AvgIpc) is 2.75. The highest BCUT2D eigenvalue weighted by atomic mass is 19.1. The zero-order chi connectivity index (χ0) is 22.4. The number of carboxylic acids is 1. The topological polar surface area (TPSA) is 111 Å². The van der Waals surface area contributed by atoms with Crippen molar-refractivity contribution >= 4 is 11.9 Å². The molecular weight excluding hydrogens is 405 g/mol. The summed E-state index contributed by atoms with van der Waals surface area (Å²) in [5.41, 5.74) is 0.430. The maximum absolute atomic E-state index is 14.3. The Labute approximate surface area is 176 Å². The maximum atomic E-state index is 14.3. The number of methoxy groups -OCH3 is 1. The molecule has 0 unspecified atom stereocenters. The number of nitrogens with zero attached hydrogens (tertiary/aromatic N) is 2. The van der Waals surface area contributed by atoms with Gasteiger partial charge in [-0.15, -0.1) is 0 Å². The van der Waals surface area contributed by atoms with Crippen LogP contribution >= 0.6 is 0 Å². The van der Waals surface area contributed by atoms with Crippen LogP contribution in [-0.4, -0.2) is 39.9 Å². The van der Waals surface area contributed by atoms with E-state index in [-0.39, 0.29) is 17.7 Å². The van der Waals surface area contributed by atoms with Gasteiger partial charge in [0.05, 0.1) is 12.8 Å².